The van der Waals surface area contributed by atoms with Gasteiger partial charge in [0, 0.05) is 6.08 Å². The lowest BCUT2D eigenvalue weighted by Crippen LogP contribution is -2.38. The van der Waals surface area contributed by atoms with Gasteiger partial charge in [-0.25, -0.2) is 4.79 Å². The summed E-state index contributed by atoms with van der Waals surface area (Å²) in [6, 6.07) is 0. The second-order valence-electron chi connectivity index (χ2n) is 5.67. The quantitative estimate of drug-likeness (QED) is 0.162. The Balaban J connectivity index is 2.60. The summed E-state index contributed by atoms with van der Waals surface area (Å²) < 4.78 is 14.9. The van der Waals surface area contributed by atoms with Crippen LogP contribution in [-0.2, 0) is 28.6 Å². The summed E-state index contributed by atoms with van der Waals surface area (Å²) in [7, 11) is 0. The van der Waals surface area contributed by atoms with Crippen LogP contribution in [0.4, 0.5) is 0 Å². The fourth-order valence-corrected chi connectivity index (χ4v) is 2.51. The van der Waals surface area contributed by atoms with E-state index < -0.39 is 35.8 Å². The van der Waals surface area contributed by atoms with Crippen LogP contribution in [0.15, 0.2) is 24.8 Å². The standard InChI is InChI=1S/C17H23ClO7/c1-3-14(20)23-7-8-24-16(21)13-6-4-5-11(2)15(13)17(22)25-10-12(19)9-18/h3-4,6,11-13,15,19H,1,5,7-10H2,2H3. The molecule has 0 aromatic heterocycles. The van der Waals surface area contributed by atoms with Crippen LogP contribution in [-0.4, -0.2) is 54.8 Å². The van der Waals surface area contributed by atoms with Crippen LogP contribution in [0.25, 0.3) is 0 Å². The van der Waals surface area contributed by atoms with E-state index in [4.69, 9.17) is 25.8 Å². The molecule has 8 heteroatoms. The molecule has 0 saturated carbocycles. The second-order valence-corrected chi connectivity index (χ2v) is 5.98. The number of rotatable bonds is 9. The number of aliphatic hydroxyl groups excluding tert-OH is 1. The lowest BCUT2D eigenvalue weighted by molar-refractivity contribution is -0.164. The van der Waals surface area contributed by atoms with Crippen molar-refractivity contribution in [3.63, 3.8) is 0 Å². The van der Waals surface area contributed by atoms with Gasteiger partial charge in [-0.05, 0) is 12.3 Å². The van der Waals surface area contributed by atoms with Crippen molar-refractivity contribution in [3.8, 4) is 0 Å². The Morgan fingerprint density at radius 1 is 1.28 bits per heavy atom. The first-order chi connectivity index (χ1) is 11.9. The average molecular weight is 375 g/mol. The highest BCUT2D eigenvalue weighted by Crippen LogP contribution is 2.32. The van der Waals surface area contributed by atoms with Gasteiger partial charge in [-0.15, -0.1) is 11.6 Å². The molecule has 1 aliphatic rings. The molecule has 4 atom stereocenters. The molecule has 140 valence electrons. The summed E-state index contributed by atoms with van der Waals surface area (Å²) in [5.74, 6) is -3.47. The number of carbonyl (C=O) groups is 3. The molecule has 0 spiro atoms. The largest absolute Gasteiger partial charge is 0.463 e. The van der Waals surface area contributed by atoms with Gasteiger partial charge in [0.15, 0.2) is 0 Å². The van der Waals surface area contributed by atoms with Gasteiger partial charge < -0.3 is 19.3 Å². The molecule has 0 aliphatic heterocycles. The van der Waals surface area contributed by atoms with Gasteiger partial charge in [-0.2, -0.15) is 0 Å². The van der Waals surface area contributed by atoms with Crippen LogP contribution in [0, 0.1) is 17.8 Å². The van der Waals surface area contributed by atoms with Crippen molar-refractivity contribution in [2.45, 2.75) is 19.4 Å². The molecule has 0 bridgehead atoms. The van der Waals surface area contributed by atoms with Crippen LogP contribution < -0.4 is 0 Å². The van der Waals surface area contributed by atoms with Crippen molar-refractivity contribution in [2.75, 3.05) is 25.7 Å². The van der Waals surface area contributed by atoms with E-state index in [9.17, 15) is 19.5 Å². The molecular formula is C17H23ClO7. The van der Waals surface area contributed by atoms with Crippen molar-refractivity contribution < 1.29 is 33.7 Å². The minimum atomic E-state index is -0.954. The van der Waals surface area contributed by atoms with Gasteiger partial charge in [-0.1, -0.05) is 25.7 Å². The van der Waals surface area contributed by atoms with Crippen LogP contribution in [0.5, 0.6) is 0 Å². The Hall–Kier alpha value is -1.86. The number of hydrogen-bond acceptors (Lipinski definition) is 7. The van der Waals surface area contributed by atoms with Gasteiger partial charge in [0.25, 0.3) is 0 Å². The summed E-state index contributed by atoms with van der Waals surface area (Å²) in [6.07, 6.45) is 4.10. The molecule has 1 aliphatic carbocycles. The number of halogens is 1. The van der Waals surface area contributed by atoms with Crippen molar-refractivity contribution in [1.29, 1.82) is 0 Å². The van der Waals surface area contributed by atoms with E-state index in [1.807, 2.05) is 13.0 Å². The number of allylic oxidation sites excluding steroid dienone is 1. The number of alkyl halides is 1. The first-order valence-electron chi connectivity index (χ1n) is 7.93. The summed E-state index contributed by atoms with van der Waals surface area (Å²) >= 11 is 5.46. The summed E-state index contributed by atoms with van der Waals surface area (Å²) in [6.45, 7) is 4.64. The lowest BCUT2D eigenvalue weighted by atomic mass is 9.76. The smallest absolute Gasteiger partial charge is 0.330 e. The number of ether oxygens (including phenoxy) is 3. The number of carbonyl (C=O) groups excluding carboxylic acids is 3. The van der Waals surface area contributed by atoms with Gasteiger partial charge in [0.05, 0.1) is 17.7 Å². The predicted octanol–water partition coefficient (Wildman–Crippen LogP) is 1.23. The van der Waals surface area contributed by atoms with E-state index in [1.54, 1.807) is 6.08 Å². The molecular weight excluding hydrogens is 352 g/mol. The first-order valence-corrected chi connectivity index (χ1v) is 8.47. The zero-order chi connectivity index (χ0) is 18.8. The average Bonchev–Trinajstić information content (AvgIpc) is 2.62. The van der Waals surface area contributed by atoms with Gasteiger partial charge in [-0.3, -0.25) is 9.59 Å². The topological polar surface area (TPSA) is 99.1 Å². The normalized spacial score (nSPS) is 23.4. The van der Waals surface area contributed by atoms with Gasteiger partial charge in [0.2, 0.25) is 0 Å². The molecule has 0 heterocycles. The van der Waals surface area contributed by atoms with E-state index in [2.05, 4.69) is 6.58 Å². The van der Waals surface area contributed by atoms with Crippen LogP contribution >= 0.6 is 11.6 Å². The Bertz CT molecular complexity index is 517. The molecule has 4 unspecified atom stereocenters. The van der Waals surface area contributed by atoms with E-state index >= 15 is 0 Å². The van der Waals surface area contributed by atoms with Gasteiger partial charge >= 0.3 is 17.9 Å². The fourth-order valence-electron chi connectivity index (χ4n) is 2.42. The molecule has 0 saturated heterocycles. The van der Waals surface area contributed by atoms with Crippen molar-refractivity contribution in [3.05, 3.63) is 24.8 Å². The molecule has 0 aromatic rings. The lowest BCUT2D eigenvalue weighted by Gasteiger charge is -2.30. The molecule has 1 rings (SSSR count). The third-order valence-electron chi connectivity index (χ3n) is 3.73. The minimum absolute atomic E-state index is 0.0533. The molecule has 0 radical (unpaired) electrons. The zero-order valence-electron chi connectivity index (χ0n) is 14.1. The Labute approximate surface area is 151 Å². The third-order valence-corrected chi connectivity index (χ3v) is 4.09. The number of aliphatic hydroxyl groups is 1. The molecule has 0 aromatic carbocycles. The molecule has 25 heavy (non-hydrogen) atoms. The highest BCUT2D eigenvalue weighted by atomic mass is 35.5. The highest BCUT2D eigenvalue weighted by Gasteiger charge is 2.40. The SMILES string of the molecule is C=CC(=O)OCCOC(=O)C1C=CCC(C)C1C(=O)OCC(O)CCl. The maximum atomic E-state index is 12.3. The number of hydrogen-bond donors (Lipinski definition) is 1. The first kappa shape index (κ1) is 21.2. The maximum Gasteiger partial charge on any atom is 0.330 e. The summed E-state index contributed by atoms with van der Waals surface area (Å²) in [4.78, 5) is 35.5. The van der Waals surface area contributed by atoms with Crippen molar-refractivity contribution in [2.24, 2.45) is 17.8 Å². The Morgan fingerprint density at radius 2 is 1.96 bits per heavy atom. The third kappa shape index (κ3) is 6.88. The second kappa shape index (κ2) is 10.9. The van der Waals surface area contributed by atoms with Crippen LogP contribution in [0.1, 0.15) is 13.3 Å². The maximum absolute atomic E-state index is 12.3. The molecule has 1 N–H and O–H groups in total. The number of esters is 3. The zero-order valence-corrected chi connectivity index (χ0v) is 14.8. The van der Waals surface area contributed by atoms with Crippen molar-refractivity contribution >= 4 is 29.5 Å². The molecule has 0 amide bonds. The summed E-state index contributed by atoms with van der Waals surface area (Å²) in [5, 5.41) is 9.39. The monoisotopic (exact) mass is 374 g/mol. The van der Waals surface area contributed by atoms with E-state index in [0.29, 0.717) is 6.42 Å². The molecule has 7 nitrogen and oxygen atoms in total. The predicted molar refractivity (Wildman–Crippen MR) is 89.7 cm³/mol. The van der Waals surface area contributed by atoms with Crippen LogP contribution in [0.2, 0.25) is 0 Å². The Morgan fingerprint density at radius 3 is 2.60 bits per heavy atom. The fraction of sp³-hybridized carbons (Fsp3) is 0.588. The molecule has 0 fully saturated rings. The van der Waals surface area contributed by atoms with Crippen LogP contribution in [0.3, 0.4) is 0 Å². The van der Waals surface area contributed by atoms with E-state index in [1.165, 1.54) is 0 Å². The van der Waals surface area contributed by atoms with Gasteiger partial charge in [0.1, 0.15) is 25.9 Å². The Kier molecular flexibility index (Phi) is 9.23. The minimum Gasteiger partial charge on any atom is -0.463 e. The summed E-state index contributed by atoms with van der Waals surface area (Å²) in [5.41, 5.74) is 0. The van der Waals surface area contributed by atoms with Crippen molar-refractivity contribution in [1.82, 2.24) is 0 Å². The van der Waals surface area contributed by atoms with E-state index in [0.717, 1.165) is 6.08 Å². The highest BCUT2D eigenvalue weighted by molar-refractivity contribution is 6.18. The van der Waals surface area contributed by atoms with E-state index in [-0.39, 0.29) is 31.6 Å².